The van der Waals surface area contributed by atoms with E-state index in [4.69, 9.17) is 10.4 Å². The Morgan fingerprint density at radius 3 is 1.83 bits per heavy atom. The highest BCUT2D eigenvalue weighted by Gasteiger charge is 2.20. The average Bonchev–Trinajstić information content (AvgIpc) is 2.27. The molecule has 1 aromatic rings. The zero-order chi connectivity index (χ0) is 14.0. The summed E-state index contributed by atoms with van der Waals surface area (Å²) in [5.74, 6) is -0.444. The van der Waals surface area contributed by atoms with Crippen molar-refractivity contribution in [3.8, 4) is 0 Å². The number of amides is 1. The van der Waals surface area contributed by atoms with Crippen molar-refractivity contribution in [1.82, 2.24) is 4.90 Å². The molecule has 100 valence electrons. The van der Waals surface area contributed by atoms with Gasteiger partial charge in [-0.3, -0.25) is 4.79 Å². The van der Waals surface area contributed by atoms with Gasteiger partial charge in [0.2, 0.25) is 0 Å². The Bertz CT molecular complexity index is 430. The molecule has 8 heteroatoms. The minimum atomic E-state index is -1.26. The highest BCUT2D eigenvalue weighted by atomic mass is 16.8. The van der Waals surface area contributed by atoms with E-state index in [2.05, 4.69) is 0 Å². The van der Waals surface area contributed by atoms with Crippen LogP contribution in [0.4, 0.5) is 11.4 Å². The van der Waals surface area contributed by atoms with Crippen molar-refractivity contribution in [1.29, 1.82) is 0 Å². The second-order valence-corrected chi connectivity index (χ2v) is 4.01. The average molecular weight is 257 g/mol. The van der Waals surface area contributed by atoms with Gasteiger partial charge in [0.1, 0.15) is 0 Å². The molecule has 1 amide bonds. The number of hydrogen-bond acceptors (Lipinski definition) is 5. The molecule has 0 bridgehead atoms. The van der Waals surface area contributed by atoms with Crippen LogP contribution in [-0.4, -0.2) is 35.3 Å². The van der Waals surface area contributed by atoms with Gasteiger partial charge in [-0.1, -0.05) is 0 Å². The van der Waals surface area contributed by atoms with Crippen molar-refractivity contribution < 1.29 is 25.7 Å². The summed E-state index contributed by atoms with van der Waals surface area (Å²) in [6.45, 7) is 1.40. The van der Waals surface area contributed by atoms with Crippen LogP contribution in [0.15, 0.2) is 12.1 Å². The monoisotopic (exact) mass is 257 g/mol. The summed E-state index contributed by atoms with van der Waals surface area (Å²) in [6.07, 6.45) is 0. The van der Waals surface area contributed by atoms with Gasteiger partial charge in [-0.25, -0.2) is 10.4 Å². The molecule has 0 fully saturated rings. The van der Waals surface area contributed by atoms with Crippen LogP contribution in [0.2, 0.25) is 0 Å². The minimum Gasteiger partial charge on any atom is -0.595 e. The third-order valence-electron chi connectivity index (χ3n) is 2.52. The highest BCUT2D eigenvalue weighted by molar-refractivity contribution is 5.95. The highest BCUT2D eigenvalue weighted by Crippen LogP contribution is 2.21. The second kappa shape index (κ2) is 5.40. The summed E-state index contributed by atoms with van der Waals surface area (Å²) in [5, 5.41) is 37.5. The summed E-state index contributed by atoms with van der Waals surface area (Å²) < 4.78 is 0. The molecule has 8 nitrogen and oxygen atoms in total. The summed E-state index contributed by atoms with van der Waals surface area (Å²) in [7, 11) is 3.01. The minimum absolute atomic E-state index is 0.0420. The van der Waals surface area contributed by atoms with Crippen molar-refractivity contribution in [2.24, 2.45) is 0 Å². The SMILES string of the molecule is Cc1c([NH+]([O-])O)cc(C(=O)N(C)C)cc1[NH+]([O-])O. The number of carbonyl (C=O) groups excluding carboxylic acids is 1. The lowest BCUT2D eigenvalue weighted by atomic mass is 10.1. The first-order chi connectivity index (χ1) is 8.25. The van der Waals surface area contributed by atoms with E-state index in [1.165, 1.54) is 38.1 Å². The number of hydrogen-bond donors (Lipinski definition) is 4. The maximum atomic E-state index is 11.7. The van der Waals surface area contributed by atoms with Gasteiger partial charge >= 0.3 is 0 Å². The maximum absolute atomic E-state index is 11.7. The van der Waals surface area contributed by atoms with Gasteiger partial charge in [0.05, 0.1) is 11.1 Å². The van der Waals surface area contributed by atoms with Crippen LogP contribution in [0, 0.1) is 17.3 Å². The fourth-order valence-corrected chi connectivity index (χ4v) is 1.54. The van der Waals surface area contributed by atoms with E-state index in [1.807, 2.05) is 0 Å². The van der Waals surface area contributed by atoms with Gasteiger partial charge in [-0.05, 0) is 6.92 Å². The van der Waals surface area contributed by atoms with E-state index in [0.29, 0.717) is 0 Å². The smallest absolute Gasteiger partial charge is 0.253 e. The lowest BCUT2D eigenvalue weighted by Crippen LogP contribution is -3.01. The van der Waals surface area contributed by atoms with Gasteiger partial charge < -0.3 is 15.3 Å². The number of carbonyl (C=O) groups is 1. The topological polar surface area (TPSA) is 116 Å². The largest absolute Gasteiger partial charge is 0.595 e. The molecule has 4 N–H and O–H groups in total. The Morgan fingerprint density at radius 1 is 1.17 bits per heavy atom. The first-order valence-electron chi connectivity index (χ1n) is 5.08. The number of benzene rings is 1. The molecule has 0 aliphatic carbocycles. The lowest BCUT2D eigenvalue weighted by molar-refractivity contribution is -0.996. The van der Waals surface area contributed by atoms with Gasteiger partial charge in [-0.2, -0.15) is 10.5 Å². The van der Waals surface area contributed by atoms with Crippen LogP contribution in [0.3, 0.4) is 0 Å². The Balaban J connectivity index is 3.43. The first kappa shape index (κ1) is 14.5. The van der Waals surface area contributed by atoms with Gasteiger partial charge in [0.25, 0.3) is 5.91 Å². The van der Waals surface area contributed by atoms with E-state index in [1.54, 1.807) is 0 Å². The Hall–Kier alpha value is -1.55. The zero-order valence-corrected chi connectivity index (χ0v) is 10.2. The molecule has 0 saturated carbocycles. The molecule has 2 atom stereocenters. The molecule has 0 aliphatic heterocycles. The molecular weight excluding hydrogens is 242 g/mol. The molecule has 1 aromatic carbocycles. The number of quaternary nitrogens is 2. The predicted molar refractivity (Wildman–Crippen MR) is 60.7 cm³/mol. The molecule has 0 aromatic heterocycles. The molecule has 0 radical (unpaired) electrons. The summed E-state index contributed by atoms with van der Waals surface area (Å²) >= 11 is 0. The normalized spacial score (nSPS) is 14.2. The molecule has 0 heterocycles. The number of rotatable bonds is 3. The fraction of sp³-hybridized carbons (Fsp3) is 0.300. The van der Waals surface area contributed by atoms with Gasteiger partial charge in [0, 0.05) is 26.2 Å². The van der Waals surface area contributed by atoms with Crippen LogP contribution in [0.5, 0.6) is 0 Å². The molecule has 0 saturated heterocycles. The first-order valence-corrected chi connectivity index (χ1v) is 5.08. The number of nitrogens with one attached hydrogen (secondary N) is 2. The third-order valence-corrected chi connectivity index (χ3v) is 2.52. The quantitative estimate of drug-likeness (QED) is 0.492. The van der Waals surface area contributed by atoms with Crippen molar-refractivity contribution in [3.63, 3.8) is 0 Å². The van der Waals surface area contributed by atoms with Crippen molar-refractivity contribution in [2.75, 3.05) is 14.1 Å². The Morgan fingerprint density at radius 2 is 1.56 bits per heavy atom. The lowest BCUT2D eigenvalue weighted by Gasteiger charge is -2.21. The Kier molecular flexibility index (Phi) is 4.35. The van der Waals surface area contributed by atoms with E-state index in [0.717, 1.165) is 0 Å². The van der Waals surface area contributed by atoms with Crippen LogP contribution >= 0.6 is 0 Å². The van der Waals surface area contributed by atoms with E-state index < -0.39 is 16.4 Å². The summed E-state index contributed by atoms with van der Waals surface area (Å²) in [4.78, 5) is 13.0. The molecule has 1 rings (SSSR count). The van der Waals surface area contributed by atoms with Crippen LogP contribution < -0.4 is 10.5 Å². The third kappa shape index (κ3) is 2.82. The zero-order valence-electron chi connectivity index (χ0n) is 10.2. The second-order valence-electron chi connectivity index (χ2n) is 4.01. The van der Waals surface area contributed by atoms with Crippen molar-refractivity contribution in [2.45, 2.75) is 6.92 Å². The van der Waals surface area contributed by atoms with Crippen LogP contribution in [-0.2, 0) is 0 Å². The standard InChI is InChI=1S/C10H15N3O5/c1-6-8(12(15)16)4-7(10(14)11(2)3)5-9(6)13(17)18/h4-5,12-13,15,17H,1-3H3. The predicted octanol–water partition coefficient (Wildman–Crippen LogP) is -1.50. The van der Waals surface area contributed by atoms with Gasteiger partial charge in [-0.15, -0.1) is 0 Å². The molecule has 0 spiro atoms. The van der Waals surface area contributed by atoms with Crippen molar-refractivity contribution >= 4 is 17.3 Å². The Labute approximate surface area is 103 Å². The van der Waals surface area contributed by atoms with E-state index >= 15 is 0 Å². The maximum Gasteiger partial charge on any atom is 0.253 e. The summed E-state index contributed by atoms with van der Waals surface area (Å²) in [5.41, 5.74) is -0.189. The van der Waals surface area contributed by atoms with Crippen molar-refractivity contribution in [3.05, 3.63) is 33.7 Å². The van der Waals surface area contributed by atoms with Crippen LogP contribution in [0.1, 0.15) is 15.9 Å². The van der Waals surface area contributed by atoms with Gasteiger partial charge in [0.15, 0.2) is 11.4 Å². The van der Waals surface area contributed by atoms with E-state index in [9.17, 15) is 15.2 Å². The fourth-order valence-electron chi connectivity index (χ4n) is 1.54. The van der Waals surface area contributed by atoms with E-state index in [-0.39, 0.29) is 22.5 Å². The van der Waals surface area contributed by atoms with Crippen LogP contribution in [0.25, 0.3) is 0 Å². The molecule has 2 unspecified atom stereocenters. The molecular formula is C10H15N3O5. The summed E-state index contributed by atoms with van der Waals surface area (Å²) in [6, 6.07) is 2.37. The number of nitrogens with zero attached hydrogens (tertiary/aromatic N) is 1. The molecule has 0 aliphatic rings. The molecule has 18 heavy (non-hydrogen) atoms.